The first-order valence-corrected chi connectivity index (χ1v) is 10.6. The minimum absolute atomic E-state index is 0.304. The summed E-state index contributed by atoms with van der Waals surface area (Å²) in [4.78, 5) is 29.5. The summed E-state index contributed by atoms with van der Waals surface area (Å²) in [5, 5.41) is 4.73. The summed E-state index contributed by atoms with van der Waals surface area (Å²) >= 11 is 1.44. The number of carbonyl (C=O) groups is 1. The number of nitrogens with one attached hydrogen (secondary N) is 2. The molecular formula is C22H17F3N4O3S. The summed E-state index contributed by atoms with van der Waals surface area (Å²) in [7, 11) is 0. The Labute approximate surface area is 189 Å². The number of halogens is 3. The molecule has 0 spiro atoms. The second kappa shape index (κ2) is 9.02. The van der Waals surface area contributed by atoms with E-state index in [1.165, 1.54) is 36.0 Å². The lowest BCUT2D eigenvalue weighted by Crippen LogP contribution is -2.21. The van der Waals surface area contributed by atoms with E-state index in [0.717, 1.165) is 15.5 Å². The van der Waals surface area contributed by atoms with E-state index in [1.54, 1.807) is 37.3 Å². The van der Waals surface area contributed by atoms with Crippen molar-refractivity contribution in [3.63, 3.8) is 0 Å². The van der Waals surface area contributed by atoms with Crippen LogP contribution in [0.1, 0.15) is 17.0 Å². The van der Waals surface area contributed by atoms with Gasteiger partial charge in [0, 0.05) is 28.5 Å². The standard InChI is InChI=1S/C22H17F3N4O3S/c1-13-10-19-26-15(11-20(30)29(19)32-13)12-33-16-8-6-14(7-9-16)27-21(31)28-18-5-3-2-4-17(18)22(23,24)25/h2-11H,12H2,1H3,(H2,27,28,31). The number of fused-ring (bicyclic) bond motifs is 1. The topological polar surface area (TPSA) is 88.6 Å². The van der Waals surface area contributed by atoms with E-state index in [-0.39, 0.29) is 11.2 Å². The highest BCUT2D eigenvalue weighted by Gasteiger charge is 2.33. The Balaban J connectivity index is 1.37. The number of benzene rings is 2. The highest BCUT2D eigenvalue weighted by atomic mass is 32.2. The first-order valence-electron chi connectivity index (χ1n) is 9.66. The van der Waals surface area contributed by atoms with Crippen molar-refractivity contribution in [1.29, 1.82) is 0 Å². The zero-order valence-corrected chi connectivity index (χ0v) is 18.0. The molecule has 0 aliphatic heterocycles. The van der Waals surface area contributed by atoms with Gasteiger partial charge in [-0.3, -0.25) is 4.79 Å². The Bertz CT molecular complexity index is 1360. The zero-order valence-electron chi connectivity index (χ0n) is 17.1. The van der Waals surface area contributed by atoms with Gasteiger partial charge < -0.3 is 15.2 Å². The fraction of sp³-hybridized carbons (Fsp3) is 0.136. The second-order valence-corrected chi connectivity index (χ2v) is 8.07. The molecule has 4 aromatic rings. The van der Waals surface area contributed by atoms with Crippen LogP contribution < -0.4 is 16.2 Å². The van der Waals surface area contributed by atoms with Gasteiger partial charge in [-0.05, 0) is 43.3 Å². The first kappa shape index (κ1) is 22.5. The molecule has 11 heteroatoms. The number of aromatic nitrogens is 2. The zero-order chi connectivity index (χ0) is 23.6. The number of hydrogen-bond donors (Lipinski definition) is 2. The van der Waals surface area contributed by atoms with Crippen LogP contribution in [0, 0.1) is 6.92 Å². The van der Waals surface area contributed by atoms with Crippen LogP contribution in [0.4, 0.5) is 29.3 Å². The maximum atomic E-state index is 13.1. The molecule has 33 heavy (non-hydrogen) atoms. The van der Waals surface area contributed by atoms with Crippen molar-refractivity contribution in [2.45, 2.75) is 23.7 Å². The summed E-state index contributed by atoms with van der Waals surface area (Å²) in [6.07, 6.45) is -4.58. The van der Waals surface area contributed by atoms with E-state index < -0.39 is 17.8 Å². The monoisotopic (exact) mass is 474 g/mol. The normalized spacial score (nSPS) is 11.5. The minimum atomic E-state index is -4.58. The third kappa shape index (κ3) is 5.37. The molecule has 2 amide bonds. The molecule has 0 aliphatic carbocycles. The number of alkyl halides is 3. The Morgan fingerprint density at radius 2 is 1.82 bits per heavy atom. The van der Waals surface area contributed by atoms with Crippen LogP contribution >= 0.6 is 11.8 Å². The van der Waals surface area contributed by atoms with Gasteiger partial charge in [-0.25, -0.2) is 9.78 Å². The molecule has 0 fully saturated rings. The number of aryl methyl sites for hydroxylation is 1. The number of hydrogen-bond acceptors (Lipinski definition) is 5. The quantitative estimate of drug-likeness (QED) is 0.370. The number of thioether (sulfide) groups is 1. The van der Waals surface area contributed by atoms with E-state index in [4.69, 9.17) is 4.52 Å². The largest absolute Gasteiger partial charge is 0.418 e. The fourth-order valence-corrected chi connectivity index (χ4v) is 3.85. The van der Waals surface area contributed by atoms with Gasteiger partial charge in [-0.1, -0.05) is 12.1 Å². The highest BCUT2D eigenvalue weighted by Crippen LogP contribution is 2.34. The molecule has 0 unspecified atom stereocenters. The Hall–Kier alpha value is -3.73. The average molecular weight is 474 g/mol. The van der Waals surface area contributed by atoms with Gasteiger partial charge >= 0.3 is 12.2 Å². The Morgan fingerprint density at radius 1 is 1.09 bits per heavy atom. The van der Waals surface area contributed by atoms with E-state index in [0.29, 0.717) is 28.5 Å². The lowest BCUT2D eigenvalue weighted by atomic mass is 10.1. The van der Waals surface area contributed by atoms with Crippen LogP contribution in [-0.2, 0) is 11.9 Å². The number of amides is 2. The molecule has 0 saturated heterocycles. The summed E-state index contributed by atoms with van der Waals surface area (Å²) in [6.45, 7) is 1.73. The molecule has 170 valence electrons. The van der Waals surface area contributed by atoms with Crippen molar-refractivity contribution in [3.8, 4) is 0 Å². The van der Waals surface area contributed by atoms with Gasteiger partial charge in [0.25, 0.3) is 5.56 Å². The van der Waals surface area contributed by atoms with Crippen molar-refractivity contribution in [1.82, 2.24) is 9.56 Å². The summed E-state index contributed by atoms with van der Waals surface area (Å²) in [6, 6.07) is 13.8. The molecule has 0 aliphatic rings. The van der Waals surface area contributed by atoms with Crippen molar-refractivity contribution in [2.75, 3.05) is 10.6 Å². The second-order valence-electron chi connectivity index (χ2n) is 7.02. The molecule has 0 atom stereocenters. The van der Waals surface area contributed by atoms with E-state index in [1.807, 2.05) is 0 Å². The fourth-order valence-electron chi connectivity index (χ4n) is 3.06. The molecule has 0 bridgehead atoms. The third-order valence-electron chi connectivity index (χ3n) is 4.50. The SMILES string of the molecule is Cc1cc2nc(CSc3ccc(NC(=O)Nc4ccccc4C(F)(F)F)cc3)cc(=O)n2o1. The van der Waals surface area contributed by atoms with Crippen LogP contribution in [0.3, 0.4) is 0 Å². The summed E-state index contributed by atoms with van der Waals surface area (Å²) in [5.41, 5.74) is -0.120. The van der Waals surface area contributed by atoms with Crippen molar-refractivity contribution in [3.05, 3.63) is 88.0 Å². The number of urea groups is 1. The van der Waals surface area contributed by atoms with Crippen LogP contribution in [0.5, 0.6) is 0 Å². The predicted octanol–water partition coefficient (Wildman–Crippen LogP) is 5.55. The van der Waals surface area contributed by atoms with Crippen LogP contribution in [0.2, 0.25) is 0 Å². The molecular weight excluding hydrogens is 457 g/mol. The number of carbonyl (C=O) groups excluding carboxylic acids is 1. The molecule has 2 aromatic carbocycles. The Morgan fingerprint density at radius 3 is 2.55 bits per heavy atom. The van der Waals surface area contributed by atoms with Crippen LogP contribution in [-0.4, -0.2) is 15.6 Å². The number of nitrogens with zero attached hydrogens (tertiary/aromatic N) is 2. The van der Waals surface area contributed by atoms with Gasteiger partial charge in [0.15, 0.2) is 5.65 Å². The average Bonchev–Trinajstić information content (AvgIpc) is 3.14. The number of para-hydroxylation sites is 1. The van der Waals surface area contributed by atoms with Crippen molar-refractivity contribution >= 4 is 34.8 Å². The molecule has 0 saturated carbocycles. The van der Waals surface area contributed by atoms with Crippen molar-refractivity contribution in [2.24, 2.45) is 0 Å². The van der Waals surface area contributed by atoms with Gasteiger partial charge in [0.1, 0.15) is 5.76 Å². The van der Waals surface area contributed by atoms with Gasteiger partial charge in [-0.2, -0.15) is 13.2 Å². The maximum absolute atomic E-state index is 13.1. The van der Waals surface area contributed by atoms with E-state index in [9.17, 15) is 22.8 Å². The predicted molar refractivity (Wildman–Crippen MR) is 119 cm³/mol. The van der Waals surface area contributed by atoms with Gasteiger partial charge in [0.2, 0.25) is 0 Å². The first-order chi connectivity index (χ1) is 15.7. The smallest absolute Gasteiger partial charge is 0.375 e. The minimum Gasteiger partial charge on any atom is -0.375 e. The molecule has 4 rings (SSSR count). The van der Waals surface area contributed by atoms with Crippen LogP contribution in [0.25, 0.3) is 5.65 Å². The number of rotatable bonds is 5. The van der Waals surface area contributed by atoms with Crippen molar-refractivity contribution < 1.29 is 22.5 Å². The molecule has 2 heterocycles. The van der Waals surface area contributed by atoms with E-state index in [2.05, 4.69) is 15.6 Å². The Kier molecular flexibility index (Phi) is 6.14. The van der Waals surface area contributed by atoms with Gasteiger partial charge in [0.05, 0.1) is 16.9 Å². The van der Waals surface area contributed by atoms with Crippen LogP contribution in [0.15, 0.2) is 74.9 Å². The molecule has 0 radical (unpaired) electrons. The lowest BCUT2D eigenvalue weighted by Gasteiger charge is -2.14. The third-order valence-corrected chi connectivity index (χ3v) is 5.55. The summed E-state index contributed by atoms with van der Waals surface area (Å²) in [5.74, 6) is 1.02. The molecule has 2 N–H and O–H groups in total. The maximum Gasteiger partial charge on any atom is 0.418 e. The van der Waals surface area contributed by atoms with E-state index >= 15 is 0 Å². The summed E-state index contributed by atoms with van der Waals surface area (Å²) < 4.78 is 45.6. The molecule has 7 nitrogen and oxygen atoms in total. The number of anilines is 2. The highest BCUT2D eigenvalue weighted by molar-refractivity contribution is 7.98. The van der Waals surface area contributed by atoms with Gasteiger partial charge in [-0.15, -0.1) is 16.3 Å². The molecule has 2 aromatic heterocycles. The lowest BCUT2D eigenvalue weighted by molar-refractivity contribution is -0.136.